The Morgan fingerprint density at radius 2 is 1.96 bits per heavy atom. The van der Waals surface area contributed by atoms with Crippen LogP contribution in [0.1, 0.15) is 25.7 Å². The second-order valence-corrected chi connectivity index (χ2v) is 9.35. The molecule has 3 aliphatic rings. The maximum absolute atomic E-state index is 5.45. The van der Waals surface area contributed by atoms with E-state index in [1.807, 2.05) is 23.5 Å². The van der Waals surface area contributed by atoms with E-state index in [0.717, 1.165) is 39.3 Å². The van der Waals surface area contributed by atoms with Crippen LogP contribution in [0.4, 0.5) is 5.69 Å². The average molecular weight is 415 g/mol. The van der Waals surface area contributed by atoms with E-state index in [9.17, 15) is 0 Å². The summed E-state index contributed by atoms with van der Waals surface area (Å²) in [5, 5.41) is 0. The first-order chi connectivity index (χ1) is 13.8. The Bertz CT molecular complexity index is 766. The van der Waals surface area contributed by atoms with Crippen molar-refractivity contribution < 1.29 is 4.74 Å². The summed E-state index contributed by atoms with van der Waals surface area (Å²) in [6.07, 6.45) is 16.1. The molecule has 3 nitrogen and oxygen atoms in total. The highest BCUT2D eigenvalue weighted by Gasteiger charge is 2.26. The van der Waals surface area contributed by atoms with Crippen LogP contribution < -0.4 is 4.90 Å². The monoisotopic (exact) mass is 414 g/mol. The molecular weight excluding hydrogens is 384 g/mol. The van der Waals surface area contributed by atoms with Crippen molar-refractivity contribution in [3.05, 3.63) is 53.1 Å². The van der Waals surface area contributed by atoms with Gasteiger partial charge in [-0.15, -0.1) is 11.8 Å². The molecule has 28 heavy (non-hydrogen) atoms. The summed E-state index contributed by atoms with van der Waals surface area (Å²) in [5.74, 6) is 0. The molecule has 1 aliphatic carbocycles. The number of fused-ring (bicyclic) bond motifs is 2. The molecule has 5 heteroatoms. The minimum absolute atomic E-state index is 0.900. The summed E-state index contributed by atoms with van der Waals surface area (Å²) in [6.45, 7) is 6.30. The Morgan fingerprint density at radius 3 is 2.82 bits per heavy atom. The normalized spacial score (nSPS) is 19.5. The summed E-state index contributed by atoms with van der Waals surface area (Å²) >= 11 is 3.75. The molecular formula is C23H30N2OS2. The molecule has 150 valence electrons. The van der Waals surface area contributed by atoms with Gasteiger partial charge in [-0.3, -0.25) is 4.90 Å². The lowest BCUT2D eigenvalue weighted by atomic mass is 10.1. The largest absolute Gasteiger partial charge is 0.379 e. The van der Waals surface area contributed by atoms with Gasteiger partial charge in [0.25, 0.3) is 0 Å². The maximum Gasteiger partial charge on any atom is 0.0594 e. The molecule has 1 aromatic rings. The van der Waals surface area contributed by atoms with Crippen LogP contribution in [0.15, 0.2) is 62.9 Å². The van der Waals surface area contributed by atoms with E-state index in [2.05, 4.69) is 58.6 Å². The maximum atomic E-state index is 5.45. The van der Waals surface area contributed by atoms with Crippen molar-refractivity contribution in [3.8, 4) is 0 Å². The van der Waals surface area contributed by atoms with Crippen molar-refractivity contribution in [2.24, 2.45) is 0 Å². The first kappa shape index (κ1) is 20.1. The number of hydrogen-bond acceptors (Lipinski definition) is 5. The fourth-order valence-corrected chi connectivity index (χ4v) is 5.48. The summed E-state index contributed by atoms with van der Waals surface area (Å²) in [4.78, 5) is 9.23. The zero-order valence-electron chi connectivity index (χ0n) is 16.7. The van der Waals surface area contributed by atoms with E-state index in [1.165, 1.54) is 51.9 Å². The van der Waals surface area contributed by atoms with Crippen LogP contribution in [0.25, 0.3) is 0 Å². The molecule has 2 heterocycles. The molecule has 4 rings (SSSR count). The number of rotatable bonds is 7. The summed E-state index contributed by atoms with van der Waals surface area (Å²) in [5.41, 5.74) is 2.75. The van der Waals surface area contributed by atoms with Gasteiger partial charge in [-0.25, -0.2) is 0 Å². The highest BCUT2D eigenvalue weighted by Crippen LogP contribution is 2.47. The molecule has 0 unspecified atom stereocenters. The second-order valence-electron chi connectivity index (χ2n) is 7.39. The van der Waals surface area contributed by atoms with Gasteiger partial charge in [0.2, 0.25) is 0 Å². The quantitative estimate of drug-likeness (QED) is 0.428. The lowest BCUT2D eigenvalue weighted by Gasteiger charge is -2.35. The molecule has 0 bridgehead atoms. The van der Waals surface area contributed by atoms with Gasteiger partial charge >= 0.3 is 0 Å². The van der Waals surface area contributed by atoms with Gasteiger partial charge in [-0.1, -0.05) is 36.4 Å². The molecule has 1 saturated heterocycles. The van der Waals surface area contributed by atoms with Gasteiger partial charge in [0.15, 0.2) is 0 Å². The Hall–Kier alpha value is -1.14. The third kappa shape index (κ3) is 4.88. The van der Waals surface area contributed by atoms with E-state index >= 15 is 0 Å². The minimum Gasteiger partial charge on any atom is -0.379 e. The molecule has 0 amide bonds. The number of hydrogen-bond donors (Lipinski definition) is 0. The van der Waals surface area contributed by atoms with E-state index in [4.69, 9.17) is 4.74 Å². The van der Waals surface area contributed by atoms with Crippen LogP contribution in [-0.4, -0.2) is 50.5 Å². The van der Waals surface area contributed by atoms with Gasteiger partial charge in [0.05, 0.1) is 24.6 Å². The van der Waals surface area contributed by atoms with E-state index in [-0.39, 0.29) is 0 Å². The number of ether oxygens (including phenoxy) is 1. The molecule has 1 aromatic carbocycles. The van der Waals surface area contributed by atoms with Crippen LogP contribution in [0, 0.1) is 0 Å². The smallest absolute Gasteiger partial charge is 0.0594 e. The van der Waals surface area contributed by atoms with Crippen molar-refractivity contribution in [1.29, 1.82) is 0 Å². The molecule has 2 aliphatic heterocycles. The number of thioether (sulfide) groups is 2. The number of benzene rings is 1. The predicted octanol–water partition coefficient (Wildman–Crippen LogP) is 5.55. The molecule has 0 aromatic heterocycles. The zero-order valence-corrected chi connectivity index (χ0v) is 18.4. The fourth-order valence-electron chi connectivity index (χ4n) is 3.93. The highest BCUT2D eigenvalue weighted by molar-refractivity contribution is 8.03. The number of morpholine rings is 1. The van der Waals surface area contributed by atoms with Crippen molar-refractivity contribution in [2.45, 2.75) is 35.5 Å². The summed E-state index contributed by atoms with van der Waals surface area (Å²) < 4.78 is 5.45. The molecule has 0 radical (unpaired) electrons. The van der Waals surface area contributed by atoms with Crippen molar-refractivity contribution >= 4 is 29.2 Å². The molecule has 0 N–H and O–H groups in total. The Morgan fingerprint density at radius 1 is 1.11 bits per heavy atom. The van der Waals surface area contributed by atoms with Crippen LogP contribution in [-0.2, 0) is 4.74 Å². The second kappa shape index (κ2) is 10.1. The van der Waals surface area contributed by atoms with Crippen LogP contribution in [0.2, 0.25) is 0 Å². The standard InChI is InChI=1S/C23H30N2OS2/c1-27-19-10-11-23-21(18-19)25(20-8-4-2-5-9-22(20)28-23)13-7-3-6-12-24-14-16-26-17-15-24/h2,4,8-11,18H,3,5-7,12-17H2,1H3. The average Bonchev–Trinajstić information content (AvgIpc) is 2.98. The van der Waals surface area contributed by atoms with Crippen LogP contribution in [0.3, 0.4) is 0 Å². The predicted molar refractivity (Wildman–Crippen MR) is 122 cm³/mol. The van der Waals surface area contributed by atoms with Crippen LogP contribution >= 0.6 is 23.5 Å². The third-order valence-electron chi connectivity index (χ3n) is 5.51. The molecule has 0 atom stereocenters. The molecule has 0 saturated carbocycles. The SMILES string of the molecule is CSc1ccc2c(c1)N(CCCCCN1CCOCC1)C1=CC=CCC=C1S2. The first-order valence-electron chi connectivity index (χ1n) is 10.4. The van der Waals surface area contributed by atoms with Gasteiger partial charge in [-0.05, 0) is 56.3 Å². The van der Waals surface area contributed by atoms with Crippen molar-refractivity contribution in [2.75, 3.05) is 50.5 Å². The van der Waals surface area contributed by atoms with Crippen molar-refractivity contribution in [1.82, 2.24) is 4.90 Å². The van der Waals surface area contributed by atoms with Gasteiger partial charge < -0.3 is 9.64 Å². The number of anilines is 1. The molecule has 1 fully saturated rings. The topological polar surface area (TPSA) is 15.7 Å². The Balaban J connectivity index is 1.42. The van der Waals surface area contributed by atoms with Crippen molar-refractivity contribution in [3.63, 3.8) is 0 Å². The molecule has 0 spiro atoms. The minimum atomic E-state index is 0.900. The fraction of sp³-hybridized carbons (Fsp3) is 0.478. The van der Waals surface area contributed by atoms with Gasteiger partial charge in [0, 0.05) is 34.3 Å². The van der Waals surface area contributed by atoms with Gasteiger partial charge in [-0.2, -0.15) is 0 Å². The number of unbranched alkanes of at least 4 members (excludes halogenated alkanes) is 2. The Kier molecular flexibility index (Phi) is 7.24. The number of nitrogens with zero attached hydrogens (tertiary/aromatic N) is 2. The van der Waals surface area contributed by atoms with Gasteiger partial charge in [0.1, 0.15) is 0 Å². The zero-order chi connectivity index (χ0) is 19.2. The van der Waals surface area contributed by atoms with E-state index in [0.29, 0.717) is 0 Å². The van der Waals surface area contributed by atoms with E-state index < -0.39 is 0 Å². The lowest BCUT2D eigenvalue weighted by molar-refractivity contribution is 0.0371. The third-order valence-corrected chi connectivity index (χ3v) is 7.40. The number of allylic oxidation sites excluding steroid dienone is 4. The first-order valence-corrected chi connectivity index (χ1v) is 12.4. The summed E-state index contributed by atoms with van der Waals surface area (Å²) in [7, 11) is 0. The highest BCUT2D eigenvalue weighted by atomic mass is 32.2. The summed E-state index contributed by atoms with van der Waals surface area (Å²) in [6, 6.07) is 6.92. The van der Waals surface area contributed by atoms with Crippen LogP contribution in [0.5, 0.6) is 0 Å². The Labute approximate surface area is 177 Å². The lowest BCUT2D eigenvalue weighted by Crippen LogP contribution is -2.36. The van der Waals surface area contributed by atoms with E-state index in [1.54, 1.807) is 0 Å².